The summed E-state index contributed by atoms with van der Waals surface area (Å²) in [5.41, 5.74) is 1.74. The average molecular weight is 332 g/mol. The molecule has 5 heteroatoms. The average Bonchev–Trinajstić information content (AvgIpc) is 2.99. The van der Waals surface area contributed by atoms with Crippen LogP contribution in [-0.4, -0.2) is 23.1 Å². The molecule has 1 saturated heterocycles. The van der Waals surface area contributed by atoms with Crippen LogP contribution in [0.2, 0.25) is 0 Å². The molecule has 2 amide bonds. The van der Waals surface area contributed by atoms with Gasteiger partial charge in [0, 0.05) is 6.20 Å². The molecule has 0 atom stereocenters. The molecule has 1 spiro atoms. The Bertz CT molecular complexity index is 802. The molecule has 5 nitrogen and oxygen atoms in total. The van der Waals surface area contributed by atoms with Crippen molar-refractivity contribution in [3.63, 3.8) is 0 Å². The number of carbonyl (C=O) groups is 1. The molecular weight excluding hydrogens is 312 g/mol. The second-order valence-electron chi connectivity index (χ2n) is 7.00. The summed E-state index contributed by atoms with van der Waals surface area (Å²) < 4.78 is 0. The van der Waals surface area contributed by atoms with Crippen molar-refractivity contribution in [2.75, 3.05) is 11.4 Å². The number of nitrogens with one attached hydrogen (secondary N) is 1. The van der Waals surface area contributed by atoms with Crippen LogP contribution in [0, 0.1) is 11.3 Å². The smallest absolute Gasteiger partial charge is 0.323 e. The highest BCUT2D eigenvalue weighted by atomic mass is 16.2. The van der Waals surface area contributed by atoms with Gasteiger partial charge < -0.3 is 5.32 Å². The van der Waals surface area contributed by atoms with Crippen LogP contribution in [0.3, 0.4) is 0 Å². The largest absolute Gasteiger partial charge is 0.330 e. The second kappa shape index (κ2) is 6.21. The van der Waals surface area contributed by atoms with Gasteiger partial charge in [0.25, 0.3) is 0 Å². The van der Waals surface area contributed by atoms with Crippen molar-refractivity contribution in [2.24, 2.45) is 0 Å². The van der Waals surface area contributed by atoms with E-state index in [-0.39, 0.29) is 11.6 Å². The summed E-state index contributed by atoms with van der Waals surface area (Å²) in [5.74, 6) is 1.18. The number of amides is 2. The second-order valence-corrected chi connectivity index (χ2v) is 7.00. The van der Waals surface area contributed by atoms with Crippen molar-refractivity contribution < 1.29 is 4.79 Å². The summed E-state index contributed by atoms with van der Waals surface area (Å²) in [6, 6.07) is 16.0. The predicted molar refractivity (Wildman–Crippen MR) is 95.2 cm³/mol. The zero-order valence-corrected chi connectivity index (χ0v) is 14.0. The third-order valence-electron chi connectivity index (χ3n) is 5.45. The fourth-order valence-electron chi connectivity index (χ4n) is 4.02. The standard InChI is InChI=1S/C20H20N4O/c21-12-15-6-7-18(22-13-15)24-14-20(23-19(24)25)10-8-17(9-11-20)16-4-2-1-3-5-16/h1-7,13,17H,8-11,14H2,(H,23,25). The summed E-state index contributed by atoms with van der Waals surface area (Å²) in [6.45, 7) is 0.645. The third-order valence-corrected chi connectivity index (χ3v) is 5.45. The maximum atomic E-state index is 12.5. The highest BCUT2D eigenvalue weighted by Crippen LogP contribution is 2.40. The minimum absolute atomic E-state index is 0.0876. The number of rotatable bonds is 2. The molecule has 1 aliphatic carbocycles. The van der Waals surface area contributed by atoms with Gasteiger partial charge in [0.2, 0.25) is 0 Å². The fraction of sp³-hybridized carbons (Fsp3) is 0.350. The Kier molecular flexibility index (Phi) is 3.89. The molecule has 2 aliphatic rings. The first-order valence-corrected chi connectivity index (χ1v) is 8.70. The van der Waals surface area contributed by atoms with Crippen molar-refractivity contribution >= 4 is 11.8 Å². The van der Waals surface area contributed by atoms with E-state index in [9.17, 15) is 4.79 Å². The molecule has 2 fully saturated rings. The molecule has 2 heterocycles. The monoisotopic (exact) mass is 332 g/mol. The number of hydrogen-bond donors (Lipinski definition) is 1. The number of benzene rings is 1. The van der Waals surface area contributed by atoms with E-state index in [0.29, 0.717) is 23.8 Å². The molecule has 1 saturated carbocycles. The number of aromatic nitrogens is 1. The number of pyridine rings is 1. The molecule has 1 aliphatic heterocycles. The molecule has 0 bridgehead atoms. The van der Waals surface area contributed by atoms with Gasteiger partial charge >= 0.3 is 6.03 Å². The molecule has 1 aromatic heterocycles. The number of hydrogen-bond acceptors (Lipinski definition) is 3. The van der Waals surface area contributed by atoms with E-state index >= 15 is 0 Å². The molecule has 1 aromatic carbocycles. The zero-order valence-electron chi connectivity index (χ0n) is 14.0. The highest BCUT2D eigenvalue weighted by Gasteiger charge is 2.45. The van der Waals surface area contributed by atoms with E-state index in [1.165, 1.54) is 11.8 Å². The van der Waals surface area contributed by atoms with Gasteiger partial charge in [-0.2, -0.15) is 5.26 Å². The summed E-state index contributed by atoms with van der Waals surface area (Å²) in [6.07, 6.45) is 5.63. The predicted octanol–water partition coefficient (Wildman–Crippen LogP) is 3.58. The lowest BCUT2D eigenvalue weighted by molar-refractivity contribution is 0.231. The van der Waals surface area contributed by atoms with Crippen molar-refractivity contribution in [2.45, 2.75) is 37.1 Å². The van der Waals surface area contributed by atoms with E-state index in [2.05, 4.69) is 40.6 Å². The van der Waals surface area contributed by atoms with Gasteiger partial charge in [-0.15, -0.1) is 0 Å². The molecule has 25 heavy (non-hydrogen) atoms. The molecule has 1 N–H and O–H groups in total. The third kappa shape index (κ3) is 2.96. The Morgan fingerprint density at radius 3 is 2.56 bits per heavy atom. The summed E-state index contributed by atoms with van der Waals surface area (Å²) in [4.78, 5) is 18.4. The summed E-state index contributed by atoms with van der Waals surface area (Å²) in [5, 5.41) is 12.1. The summed E-state index contributed by atoms with van der Waals surface area (Å²) in [7, 11) is 0. The Labute approximate surface area is 147 Å². The maximum Gasteiger partial charge on any atom is 0.323 e. The molecule has 2 aromatic rings. The van der Waals surface area contributed by atoms with E-state index in [1.54, 1.807) is 17.0 Å². The van der Waals surface area contributed by atoms with E-state index in [1.807, 2.05) is 6.07 Å². The van der Waals surface area contributed by atoms with Crippen LogP contribution in [0.1, 0.15) is 42.7 Å². The van der Waals surface area contributed by atoms with Crippen molar-refractivity contribution in [1.82, 2.24) is 10.3 Å². The van der Waals surface area contributed by atoms with Gasteiger partial charge in [-0.3, -0.25) is 4.90 Å². The minimum atomic E-state index is -0.155. The Morgan fingerprint density at radius 2 is 1.92 bits per heavy atom. The lowest BCUT2D eigenvalue weighted by Gasteiger charge is -2.36. The van der Waals surface area contributed by atoms with Gasteiger partial charge in [-0.25, -0.2) is 9.78 Å². The van der Waals surface area contributed by atoms with Crippen LogP contribution >= 0.6 is 0 Å². The van der Waals surface area contributed by atoms with Crippen LogP contribution in [0.4, 0.5) is 10.6 Å². The quantitative estimate of drug-likeness (QED) is 0.914. The van der Waals surface area contributed by atoms with Crippen LogP contribution in [0.5, 0.6) is 0 Å². The van der Waals surface area contributed by atoms with Gasteiger partial charge in [-0.05, 0) is 49.3 Å². The van der Waals surface area contributed by atoms with Crippen molar-refractivity contribution in [3.8, 4) is 6.07 Å². The molecule has 0 unspecified atom stereocenters. The van der Waals surface area contributed by atoms with E-state index in [4.69, 9.17) is 5.26 Å². The van der Waals surface area contributed by atoms with Crippen LogP contribution in [0.15, 0.2) is 48.7 Å². The Hall–Kier alpha value is -2.87. The number of anilines is 1. The number of nitrogens with zero attached hydrogens (tertiary/aromatic N) is 3. The van der Waals surface area contributed by atoms with Gasteiger partial charge in [0.05, 0.1) is 17.6 Å². The maximum absolute atomic E-state index is 12.5. The number of urea groups is 1. The molecule has 4 rings (SSSR count). The van der Waals surface area contributed by atoms with E-state index in [0.717, 1.165) is 25.7 Å². The lowest BCUT2D eigenvalue weighted by Crippen LogP contribution is -2.46. The molecule has 0 radical (unpaired) electrons. The highest BCUT2D eigenvalue weighted by molar-refractivity contribution is 5.94. The van der Waals surface area contributed by atoms with Crippen LogP contribution in [0.25, 0.3) is 0 Å². The summed E-state index contributed by atoms with van der Waals surface area (Å²) >= 11 is 0. The number of carbonyl (C=O) groups excluding carboxylic acids is 1. The normalized spacial score (nSPS) is 25.6. The number of nitriles is 1. The minimum Gasteiger partial charge on any atom is -0.330 e. The lowest BCUT2D eigenvalue weighted by atomic mass is 9.74. The SMILES string of the molecule is N#Cc1ccc(N2CC3(CCC(c4ccccc4)CC3)NC2=O)nc1. The first kappa shape index (κ1) is 15.6. The topological polar surface area (TPSA) is 69.0 Å². The van der Waals surface area contributed by atoms with Crippen molar-refractivity contribution in [3.05, 3.63) is 59.8 Å². The fourth-order valence-corrected chi connectivity index (χ4v) is 4.02. The van der Waals surface area contributed by atoms with E-state index < -0.39 is 0 Å². The van der Waals surface area contributed by atoms with Crippen molar-refractivity contribution in [1.29, 1.82) is 5.26 Å². The first-order chi connectivity index (χ1) is 12.2. The Balaban J connectivity index is 1.46. The zero-order chi connectivity index (χ0) is 17.3. The van der Waals surface area contributed by atoms with Gasteiger partial charge in [0.15, 0.2) is 0 Å². The molecule has 126 valence electrons. The van der Waals surface area contributed by atoms with Gasteiger partial charge in [-0.1, -0.05) is 30.3 Å². The van der Waals surface area contributed by atoms with Gasteiger partial charge in [0.1, 0.15) is 11.9 Å². The Morgan fingerprint density at radius 1 is 1.16 bits per heavy atom. The first-order valence-electron chi connectivity index (χ1n) is 8.70. The van der Waals surface area contributed by atoms with Crippen LogP contribution in [-0.2, 0) is 0 Å². The van der Waals surface area contributed by atoms with Crippen LogP contribution < -0.4 is 10.2 Å². The molecular formula is C20H20N4O.